The van der Waals surface area contributed by atoms with E-state index in [1.165, 1.54) is 32.2 Å². The first-order valence-corrected chi connectivity index (χ1v) is 6.58. The summed E-state index contributed by atoms with van der Waals surface area (Å²) in [6.45, 7) is 9.20. The largest absolute Gasteiger partial charge is 0.313 e. The van der Waals surface area contributed by atoms with Crippen molar-refractivity contribution < 1.29 is 0 Å². The Morgan fingerprint density at radius 3 is 2.67 bits per heavy atom. The molecule has 1 aliphatic carbocycles. The van der Waals surface area contributed by atoms with Gasteiger partial charge in [0.05, 0.1) is 0 Å². The highest BCUT2D eigenvalue weighted by Crippen LogP contribution is 2.23. The molecule has 1 N–H and O–H groups in total. The van der Waals surface area contributed by atoms with Crippen molar-refractivity contribution in [3.63, 3.8) is 0 Å². The normalized spacial score (nSPS) is 26.8. The molecule has 0 aromatic rings. The summed E-state index contributed by atoms with van der Waals surface area (Å²) in [6.07, 6.45) is 5.47. The van der Waals surface area contributed by atoms with Gasteiger partial charge in [-0.2, -0.15) is 0 Å². The van der Waals surface area contributed by atoms with Crippen LogP contribution in [0, 0.1) is 5.92 Å². The Balaban J connectivity index is 2.33. The van der Waals surface area contributed by atoms with Gasteiger partial charge in [-0.15, -0.1) is 0 Å². The van der Waals surface area contributed by atoms with Crippen molar-refractivity contribution in [2.24, 2.45) is 5.92 Å². The van der Waals surface area contributed by atoms with Gasteiger partial charge in [-0.05, 0) is 45.3 Å². The summed E-state index contributed by atoms with van der Waals surface area (Å²) in [5.41, 5.74) is 0. The molecular weight excluding hydrogens is 184 g/mol. The lowest BCUT2D eigenvalue weighted by Gasteiger charge is -2.30. The Kier molecular flexibility index (Phi) is 5.62. The van der Waals surface area contributed by atoms with Gasteiger partial charge in [0.15, 0.2) is 0 Å². The summed E-state index contributed by atoms with van der Waals surface area (Å²) in [4.78, 5) is 2.57. The molecule has 0 radical (unpaired) electrons. The fourth-order valence-corrected chi connectivity index (χ4v) is 2.60. The van der Waals surface area contributed by atoms with E-state index >= 15 is 0 Å². The van der Waals surface area contributed by atoms with Crippen molar-refractivity contribution in [1.82, 2.24) is 10.2 Å². The maximum atomic E-state index is 3.62. The highest BCUT2D eigenvalue weighted by molar-refractivity contribution is 4.89. The lowest BCUT2D eigenvalue weighted by molar-refractivity contribution is 0.202. The molecule has 2 nitrogen and oxygen atoms in total. The monoisotopic (exact) mass is 212 g/mol. The highest BCUT2D eigenvalue weighted by Gasteiger charge is 2.29. The fraction of sp³-hybridized carbons (Fsp3) is 1.00. The molecule has 2 atom stereocenters. The molecule has 0 spiro atoms. The third-order valence-electron chi connectivity index (χ3n) is 3.57. The molecule has 1 fully saturated rings. The number of hydrogen-bond acceptors (Lipinski definition) is 2. The second-order valence-electron chi connectivity index (χ2n) is 5.33. The Morgan fingerprint density at radius 1 is 1.33 bits per heavy atom. The Labute approximate surface area is 95.4 Å². The second kappa shape index (κ2) is 6.49. The number of likely N-dealkylation sites (N-methyl/N-ethyl adjacent to an activating group) is 2. The first-order valence-electron chi connectivity index (χ1n) is 6.58. The summed E-state index contributed by atoms with van der Waals surface area (Å²) < 4.78 is 0. The summed E-state index contributed by atoms with van der Waals surface area (Å²) in [5, 5.41) is 3.62. The van der Waals surface area contributed by atoms with Crippen LogP contribution in [0.1, 0.15) is 46.5 Å². The first kappa shape index (κ1) is 13.0. The number of rotatable bonds is 6. The third-order valence-corrected chi connectivity index (χ3v) is 3.57. The summed E-state index contributed by atoms with van der Waals surface area (Å²) in [5.74, 6) is 0.825. The lowest BCUT2D eigenvalue weighted by Crippen LogP contribution is -2.45. The van der Waals surface area contributed by atoms with Crippen LogP contribution < -0.4 is 5.32 Å². The molecular formula is C13H28N2. The maximum absolute atomic E-state index is 3.62. The number of nitrogens with one attached hydrogen (secondary N) is 1. The minimum absolute atomic E-state index is 0.743. The van der Waals surface area contributed by atoms with Crippen molar-refractivity contribution in [2.75, 3.05) is 20.1 Å². The van der Waals surface area contributed by atoms with Gasteiger partial charge in [-0.1, -0.05) is 27.2 Å². The van der Waals surface area contributed by atoms with Crippen LogP contribution >= 0.6 is 0 Å². The maximum Gasteiger partial charge on any atom is 0.0246 e. The molecule has 1 aliphatic rings. The van der Waals surface area contributed by atoms with Crippen molar-refractivity contribution in [1.29, 1.82) is 0 Å². The van der Waals surface area contributed by atoms with Crippen LogP contribution in [0.4, 0.5) is 0 Å². The molecule has 0 aromatic heterocycles. The summed E-state index contributed by atoms with van der Waals surface area (Å²) >= 11 is 0. The molecule has 15 heavy (non-hydrogen) atoms. The van der Waals surface area contributed by atoms with Crippen molar-refractivity contribution >= 4 is 0 Å². The third kappa shape index (κ3) is 4.12. The van der Waals surface area contributed by atoms with Crippen LogP contribution in [0.3, 0.4) is 0 Å². The van der Waals surface area contributed by atoms with E-state index in [9.17, 15) is 0 Å². The Hall–Kier alpha value is -0.0800. The molecule has 2 heteroatoms. The van der Waals surface area contributed by atoms with Crippen molar-refractivity contribution in [2.45, 2.75) is 58.5 Å². The smallest absolute Gasteiger partial charge is 0.0246 e. The molecule has 0 amide bonds. The van der Waals surface area contributed by atoms with Crippen molar-refractivity contribution in [3.05, 3.63) is 0 Å². The van der Waals surface area contributed by atoms with Crippen LogP contribution in [0.5, 0.6) is 0 Å². The minimum Gasteiger partial charge on any atom is -0.313 e. The van der Waals surface area contributed by atoms with Gasteiger partial charge in [-0.25, -0.2) is 0 Å². The predicted octanol–water partition coefficient (Wildman–Crippen LogP) is 2.49. The van der Waals surface area contributed by atoms with Gasteiger partial charge in [0.2, 0.25) is 0 Å². The lowest BCUT2D eigenvalue weighted by atomic mass is 10.1. The average molecular weight is 212 g/mol. The highest BCUT2D eigenvalue weighted by atomic mass is 15.2. The zero-order chi connectivity index (χ0) is 11.3. The Morgan fingerprint density at radius 2 is 2.07 bits per heavy atom. The van der Waals surface area contributed by atoms with Gasteiger partial charge < -0.3 is 10.2 Å². The molecule has 0 aromatic carbocycles. The zero-order valence-corrected chi connectivity index (χ0v) is 10.9. The van der Waals surface area contributed by atoms with E-state index in [-0.39, 0.29) is 0 Å². The zero-order valence-electron chi connectivity index (χ0n) is 10.9. The number of nitrogens with zero attached hydrogens (tertiary/aromatic N) is 1. The fourth-order valence-electron chi connectivity index (χ4n) is 2.60. The van der Waals surface area contributed by atoms with Gasteiger partial charge in [-0.3, -0.25) is 0 Å². The van der Waals surface area contributed by atoms with Crippen LogP contribution in [0.2, 0.25) is 0 Å². The van der Waals surface area contributed by atoms with Gasteiger partial charge >= 0.3 is 0 Å². The van der Waals surface area contributed by atoms with Gasteiger partial charge in [0.25, 0.3) is 0 Å². The van der Waals surface area contributed by atoms with E-state index in [0.717, 1.165) is 24.5 Å². The van der Waals surface area contributed by atoms with Gasteiger partial charge in [0, 0.05) is 12.1 Å². The SMILES string of the molecule is CCNC1CCCC1N(C)CCC(C)C. The predicted molar refractivity (Wildman–Crippen MR) is 67.2 cm³/mol. The van der Waals surface area contributed by atoms with Crippen LogP contribution in [-0.2, 0) is 0 Å². The topological polar surface area (TPSA) is 15.3 Å². The molecule has 0 saturated heterocycles. The molecule has 0 heterocycles. The van der Waals surface area contributed by atoms with E-state index in [2.05, 4.69) is 38.0 Å². The summed E-state index contributed by atoms with van der Waals surface area (Å²) in [7, 11) is 2.29. The first-order chi connectivity index (χ1) is 7.15. The molecule has 90 valence electrons. The molecule has 1 saturated carbocycles. The molecule has 0 aliphatic heterocycles. The number of hydrogen-bond donors (Lipinski definition) is 1. The van der Waals surface area contributed by atoms with E-state index in [1.807, 2.05) is 0 Å². The average Bonchev–Trinajstić information content (AvgIpc) is 2.63. The van der Waals surface area contributed by atoms with Crippen LogP contribution in [0.25, 0.3) is 0 Å². The standard InChI is InChI=1S/C13H28N2/c1-5-14-12-7-6-8-13(12)15(4)10-9-11(2)3/h11-14H,5-10H2,1-4H3. The van der Waals surface area contributed by atoms with Crippen molar-refractivity contribution in [3.8, 4) is 0 Å². The Bertz CT molecular complexity index is 168. The second-order valence-corrected chi connectivity index (χ2v) is 5.33. The van der Waals surface area contributed by atoms with E-state index in [1.54, 1.807) is 0 Å². The molecule has 0 bridgehead atoms. The molecule has 1 rings (SSSR count). The molecule has 2 unspecified atom stereocenters. The minimum atomic E-state index is 0.743. The quantitative estimate of drug-likeness (QED) is 0.728. The van der Waals surface area contributed by atoms with Crippen LogP contribution in [0.15, 0.2) is 0 Å². The van der Waals surface area contributed by atoms with Gasteiger partial charge in [0.1, 0.15) is 0 Å². The van der Waals surface area contributed by atoms with E-state index in [4.69, 9.17) is 0 Å². The van der Waals surface area contributed by atoms with E-state index < -0.39 is 0 Å². The van der Waals surface area contributed by atoms with Crippen LogP contribution in [-0.4, -0.2) is 37.1 Å². The van der Waals surface area contributed by atoms with E-state index in [0.29, 0.717) is 0 Å². The summed E-state index contributed by atoms with van der Waals surface area (Å²) in [6, 6.07) is 1.52.